The highest BCUT2D eigenvalue weighted by Gasteiger charge is 2.33. The van der Waals surface area contributed by atoms with Crippen molar-refractivity contribution in [2.24, 2.45) is 4.99 Å². The Hall–Kier alpha value is -1.64. The second kappa shape index (κ2) is 9.89. The predicted molar refractivity (Wildman–Crippen MR) is 101 cm³/mol. The second-order valence-electron chi connectivity index (χ2n) is 5.00. The Morgan fingerprint density at radius 1 is 1.38 bits per heavy atom. The number of nitrogens with zero attached hydrogens (tertiary/aromatic N) is 3. The molecule has 0 aromatic carbocycles. The highest BCUT2D eigenvalue weighted by molar-refractivity contribution is 14.0. The van der Waals surface area contributed by atoms with Gasteiger partial charge in [0, 0.05) is 38.5 Å². The van der Waals surface area contributed by atoms with Crippen LogP contribution < -0.4 is 16.0 Å². The summed E-state index contributed by atoms with van der Waals surface area (Å²) >= 11 is 0.951. The van der Waals surface area contributed by atoms with E-state index in [9.17, 15) is 22.8 Å². The molecule has 1 fully saturated rings. The molecule has 0 aliphatic carbocycles. The van der Waals surface area contributed by atoms with Crippen molar-refractivity contribution in [2.75, 3.05) is 33.2 Å². The molecule has 0 radical (unpaired) electrons. The number of nitrogens with one attached hydrogen (secondary N) is 3. The smallest absolute Gasteiger partial charge is 0.356 e. The minimum absolute atomic E-state index is 0. The third-order valence-electron chi connectivity index (χ3n) is 3.26. The van der Waals surface area contributed by atoms with Crippen LogP contribution in [0.3, 0.4) is 0 Å². The van der Waals surface area contributed by atoms with E-state index in [1.807, 2.05) is 0 Å². The van der Waals surface area contributed by atoms with Crippen molar-refractivity contribution in [3.63, 3.8) is 0 Å². The highest BCUT2D eigenvalue weighted by Crippen LogP contribution is 2.29. The minimum atomic E-state index is -4.43. The first-order chi connectivity index (χ1) is 11.8. The third kappa shape index (κ3) is 6.26. The number of rotatable bonds is 6. The van der Waals surface area contributed by atoms with Crippen LogP contribution in [0.15, 0.2) is 10.4 Å². The van der Waals surface area contributed by atoms with E-state index in [1.165, 1.54) is 7.05 Å². The summed E-state index contributed by atoms with van der Waals surface area (Å²) in [6.07, 6.45) is -4.12. The molecule has 1 aliphatic rings. The number of imide groups is 1. The van der Waals surface area contributed by atoms with Crippen LogP contribution in [0, 0.1) is 0 Å². The van der Waals surface area contributed by atoms with E-state index in [4.69, 9.17) is 0 Å². The van der Waals surface area contributed by atoms with Crippen LogP contribution in [0.4, 0.5) is 18.0 Å². The Labute approximate surface area is 168 Å². The molecule has 1 aromatic rings. The maximum absolute atomic E-state index is 12.5. The summed E-state index contributed by atoms with van der Waals surface area (Å²) in [4.78, 5) is 31.4. The molecule has 26 heavy (non-hydrogen) atoms. The number of aromatic nitrogens is 1. The number of guanidine groups is 1. The predicted octanol–water partition coefficient (Wildman–Crippen LogP) is 1.04. The summed E-state index contributed by atoms with van der Waals surface area (Å²) in [5.41, 5.74) is -0.886. The summed E-state index contributed by atoms with van der Waals surface area (Å²) in [7, 11) is 1.54. The molecule has 1 aromatic heterocycles. The van der Waals surface area contributed by atoms with Gasteiger partial charge in [0.05, 0.1) is 11.6 Å². The van der Waals surface area contributed by atoms with Gasteiger partial charge in [0.2, 0.25) is 5.91 Å². The number of hydrogen-bond donors (Lipinski definition) is 3. The van der Waals surface area contributed by atoms with E-state index in [0.717, 1.165) is 21.6 Å². The number of halogens is 4. The number of hydrogen-bond acceptors (Lipinski definition) is 5. The van der Waals surface area contributed by atoms with Gasteiger partial charge in [0.1, 0.15) is 0 Å². The zero-order valence-corrected chi connectivity index (χ0v) is 16.9. The van der Waals surface area contributed by atoms with Gasteiger partial charge in [-0.3, -0.25) is 14.7 Å². The zero-order valence-electron chi connectivity index (χ0n) is 13.7. The molecule has 0 atom stereocenters. The molecule has 0 unspecified atom stereocenters. The molecule has 8 nitrogen and oxygen atoms in total. The average molecular weight is 506 g/mol. The Bertz CT molecular complexity index is 651. The van der Waals surface area contributed by atoms with Crippen molar-refractivity contribution >= 4 is 53.2 Å². The van der Waals surface area contributed by atoms with Crippen molar-refractivity contribution in [1.29, 1.82) is 0 Å². The molecule has 0 saturated carbocycles. The molecule has 1 saturated heterocycles. The fraction of sp³-hybridized carbons (Fsp3) is 0.538. The van der Waals surface area contributed by atoms with Gasteiger partial charge in [-0.2, -0.15) is 13.2 Å². The van der Waals surface area contributed by atoms with Gasteiger partial charge in [0.25, 0.3) is 0 Å². The number of thiazole rings is 1. The number of amides is 3. The van der Waals surface area contributed by atoms with Crippen LogP contribution in [-0.4, -0.2) is 61.0 Å². The van der Waals surface area contributed by atoms with Crippen LogP contribution in [0.2, 0.25) is 0 Å². The minimum Gasteiger partial charge on any atom is -0.356 e. The molecule has 0 spiro atoms. The van der Waals surface area contributed by atoms with E-state index in [1.54, 1.807) is 0 Å². The first kappa shape index (κ1) is 22.4. The number of carbonyl (C=O) groups excluding carboxylic acids is 2. The lowest BCUT2D eigenvalue weighted by Gasteiger charge is -2.15. The Morgan fingerprint density at radius 3 is 2.62 bits per heavy atom. The van der Waals surface area contributed by atoms with E-state index in [0.29, 0.717) is 30.5 Å². The molecule has 146 valence electrons. The Morgan fingerprint density at radius 2 is 2.08 bits per heavy atom. The summed E-state index contributed by atoms with van der Waals surface area (Å²) in [6, 6.07) is -0.431. The molecular formula is C13H18F3IN6O2S. The SMILES string of the molecule is CN=C(NCCc1nc(C(F)(F)F)cs1)NCCN1C(=O)CNC1=O.I. The van der Waals surface area contributed by atoms with Crippen LogP contribution in [0.25, 0.3) is 0 Å². The van der Waals surface area contributed by atoms with Crippen molar-refractivity contribution < 1.29 is 22.8 Å². The third-order valence-corrected chi connectivity index (χ3v) is 4.17. The fourth-order valence-corrected chi connectivity index (χ4v) is 2.84. The Balaban J connectivity index is 0.00000338. The molecule has 3 N–H and O–H groups in total. The van der Waals surface area contributed by atoms with Crippen LogP contribution >= 0.6 is 35.3 Å². The van der Waals surface area contributed by atoms with Crippen molar-refractivity contribution in [1.82, 2.24) is 25.8 Å². The highest BCUT2D eigenvalue weighted by atomic mass is 127. The van der Waals surface area contributed by atoms with E-state index in [-0.39, 0.29) is 43.0 Å². The van der Waals surface area contributed by atoms with E-state index >= 15 is 0 Å². The van der Waals surface area contributed by atoms with Crippen molar-refractivity contribution in [3.8, 4) is 0 Å². The summed E-state index contributed by atoms with van der Waals surface area (Å²) in [5, 5.41) is 9.63. The summed E-state index contributed by atoms with van der Waals surface area (Å²) in [6.45, 7) is 0.828. The monoisotopic (exact) mass is 506 g/mol. The standard InChI is InChI=1S/C13H17F3N6O2S.HI/c1-17-11(19-4-5-22-10(23)6-20-12(22)24)18-3-2-9-21-8(7-25-9)13(14,15)16;/h7H,2-6H2,1H3,(H,20,24)(H2,17,18,19);1H. The van der Waals surface area contributed by atoms with Gasteiger partial charge in [-0.1, -0.05) is 0 Å². The second-order valence-corrected chi connectivity index (χ2v) is 5.95. The van der Waals surface area contributed by atoms with Gasteiger partial charge in [-0.15, -0.1) is 35.3 Å². The lowest BCUT2D eigenvalue weighted by molar-refractivity contribution is -0.140. The van der Waals surface area contributed by atoms with Gasteiger partial charge >= 0.3 is 12.2 Å². The van der Waals surface area contributed by atoms with Crippen molar-refractivity contribution in [2.45, 2.75) is 12.6 Å². The molecule has 2 rings (SSSR count). The summed E-state index contributed by atoms with van der Waals surface area (Å²) in [5.74, 6) is 0.124. The van der Waals surface area contributed by atoms with Crippen LogP contribution in [0.5, 0.6) is 0 Å². The van der Waals surface area contributed by atoms with E-state index < -0.39 is 17.9 Å². The van der Waals surface area contributed by atoms with Crippen molar-refractivity contribution in [3.05, 3.63) is 16.1 Å². The Kier molecular flexibility index (Phi) is 8.52. The summed E-state index contributed by atoms with van der Waals surface area (Å²) < 4.78 is 37.4. The fourth-order valence-electron chi connectivity index (χ4n) is 2.03. The normalized spacial score (nSPS) is 14.9. The van der Waals surface area contributed by atoms with Crippen LogP contribution in [-0.2, 0) is 17.4 Å². The molecule has 0 bridgehead atoms. The van der Waals surface area contributed by atoms with Gasteiger partial charge < -0.3 is 16.0 Å². The number of aliphatic imine (C=N–C) groups is 1. The average Bonchev–Trinajstić information content (AvgIpc) is 3.14. The lowest BCUT2D eigenvalue weighted by Crippen LogP contribution is -2.43. The zero-order chi connectivity index (χ0) is 18.4. The molecule has 1 aliphatic heterocycles. The molecule has 13 heteroatoms. The topological polar surface area (TPSA) is 98.7 Å². The molecular weight excluding hydrogens is 488 g/mol. The quantitative estimate of drug-likeness (QED) is 0.232. The molecule has 3 amide bonds. The van der Waals surface area contributed by atoms with Gasteiger partial charge in [-0.05, 0) is 0 Å². The van der Waals surface area contributed by atoms with Crippen LogP contribution in [0.1, 0.15) is 10.7 Å². The number of alkyl halides is 3. The number of urea groups is 1. The van der Waals surface area contributed by atoms with Gasteiger partial charge in [-0.25, -0.2) is 9.78 Å². The first-order valence-corrected chi connectivity index (χ1v) is 8.23. The maximum atomic E-state index is 12.5. The largest absolute Gasteiger partial charge is 0.434 e. The first-order valence-electron chi connectivity index (χ1n) is 7.35. The van der Waals surface area contributed by atoms with E-state index in [2.05, 4.69) is 25.9 Å². The lowest BCUT2D eigenvalue weighted by atomic mass is 10.4. The maximum Gasteiger partial charge on any atom is 0.434 e. The van der Waals surface area contributed by atoms with Gasteiger partial charge in [0.15, 0.2) is 11.7 Å². The number of carbonyl (C=O) groups is 2. The molecule has 2 heterocycles.